The van der Waals surface area contributed by atoms with Gasteiger partial charge in [-0.2, -0.15) is 0 Å². The zero-order valence-electron chi connectivity index (χ0n) is 17.9. The van der Waals surface area contributed by atoms with E-state index in [9.17, 15) is 9.59 Å². The van der Waals surface area contributed by atoms with Crippen molar-refractivity contribution >= 4 is 23.3 Å². The number of rotatable bonds is 7. The summed E-state index contributed by atoms with van der Waals surface area (Å²) in [4.78, 5) is 27.3. The summed E-state index contributed by atoms with van der Waals surface area (Å²) in [6.07, 6.45) is 3.02. The molecular formula is C24H32N4O2. The van der Waals surface area contributed by atoms with E-state index in [2.05, 4.69) is 39.9 Å². The van der Waals surface area contributed by atoms with Crippen LogP contribution in [0.25, 0.3) is 0 Å². The van der Waals surface area contributed by atoms with E-state index in [1.807, 2.05) is 37.3 Å². The van der Waals surface area contributed by atoms with Gasteiger partial charge in [0.25, 0.3) is 5.91 Å². The van der Waals surface area contributed by atoms with E-state index in [0.29, 0.717) is 30.3 Å². The molecule has 30 heavy (non-hydrogen) atoms. The summed E-state index contributed by atoms with van der Waals surface area (Å²) in [6.45, 7) is 7.12. The molecule has 3 N–H and O–H groups in total. The number of anilines is 2. The molecule has 1 fully saturated rings. The van der Waals surface area contributed by atoms with Gasteiger partial charge in [0.05, 0.1) is 5.56 Å². The van der Waals surface area contributed by atoms with Crippen molar-refractivity contribution in [2.75, 3.05) is 36.4 Å². The summed E-state index contributed by atoms with van der Waals surface area (Å²) in [5.41, 5.74) is 3.34. The monoisotopic (exact) mass is 408 g/mol. The summed E-state index contributed by atoms with van der Waals surface area (Å²) in [5.74, 6) is 0.599. The lowest BCUT2D eigenvalue weighted by molar-refractivity contribution is 0.0954. The zero-order valence-corrected chi connectivity index (χ0v) is 17.9. The van der Waals surface area contributed by atoms with Crippen molar-refractivity contribution in [3.63, 3.8) is 0 Å². The van der Waals surface area contributed by atoms with Gasteiger partial charge >= 0.3 is 6.03 Å². The number of nitrogens with zero attached hydrogens (tertiary/aromatic N) is 1. The van der Waals surface area contributed by atoms with Gasteiger partial charge in [0.1, 0.15) is 0 Å². The fourth-order valence-corrected chi connectivity index (χ4v) is 3.72. The molecule has 0 bridgehead atoms. The largest absolute Gasteiger partial charge is 0.371 e. The molecule has 3 rings (SSSR count). The Balaban J connectivity index is 1.74. The van der Waals surface area contributed by atoms with Crippen molar-refractivity contribution in [1.29, 1.82) is 0 Å². The van der Waals surface area contributed by atoms with Gasteiger partial charge in [-0.05, 0) is 55.9 Å². The highest BCUT2D eigenvalue weighted by Crippen LogP contribution is 2.28. The van der Waals surface area contributed by atoms with E-state index in [1.165, 1.54) is 5.56 Å². The van der Waals surface area contributed by atoms with Crippen molar-refractivity contribution in [3.8, 4) is 0 Å². The molecule has 160 valence electrons. The molecule has 3 amide bonds. The predicted octanol–water partition coefficient (Wildman–Crippen LogP) is 4.04. The summed E-state index contributed by atoms with van der Waals surface area (Å²) < 4.78 is 0. The number of urea groups is 1. The third-order valence-electron chi connectivity index (χ3n) is 5.50. The first-order chi connectivity index (χ1) is 14.6. The third-order valence-corrected chi connectivity index (χ3v) is 5.50. The molecule has 6 nitrogen and oxygen atoms in total. The lowest BCUT2D eigenvalue weighted by Crippen LogP contribution is -2.35. The topological polar surface area (TPSA) is 73.5 Å². The van der Waals surface area contributed by atoms with E-state index in [0.717, 1.165) is 38.0 Å². The average Bonchev–Trinajstić information content (AvgIpc) is 2.75. The van der Waals surface area contributed by atoms with E-state index in [-0.39, 0.29) is 11.9 Å². The van der Waals surface area contributed by atoms with Gasteiger partial charge < -0.3 is 20.9 Å². The number of nitrogens with one attached hydrogen (secondary N) is 3. The molecule has 0 aliphatic carbocycles. The van der Waals surface area contributed by atoms with Crippen LogP contribution in [0.5, 0.6) is 0 Å². The van der Waals surface area contributed by atoms with Crippen LogP contribution in [0.1, 0.15) is 42.6 Å². The normalized spacial score (nSPS) is 14.3. The molecule has 0 atom stereocenters. The molecule has 1 aliphatic heterocycles. The molecule has 0 aromatic heterocycles. The van der Waals surface area contributed by atoms with Crippen molar-refractivity contribution in [1.82, 2.24) is 10.6 Å². The van der Waals surface area contributed by atoms with E-state index in [4.69, 9.17) is 0 Å². The Labute approximate surface area is 179 Å². The molecule has 0 radical (unpaired) electrons. The maximum Gasteiger partial charge on any atom is 0.319 e. The van der Waals surface area contributed by atoms with Crippen LogP contribution < -0.4 is 20.9 Å². The van der Waals surface area contributed by atoms with Gasteiger partial charge in [-0.3, -0.25) is 4.79 Å². The highest BCUT2D eigenvalue weighted by Gasteiger charge is 2.21. The highest BCUT2D eigenvalue weighted by atomic mass is 16.2. The lowest BCUT2D eigenvalue weighted by atomic mass is 9.97. The fourth-order valence-electron chi connectivity index (χ4n) is 3.72. The summed E-state index contributed by atoms with van der Waals surface area (Å²) in [6, 6.07) is 15.4. The minimum Gasteiger partial charge on any atom is -0.371 e. The second-order valence-corrected chi connectivity index (χ2v) is 7.88. The quantitative estimate of drug-likeness (QED) is 0.647. The Bertz CT molecular complexity index is 846. The fraction of sp³-hybridized carbons (Fsp3) is 0.417. The van der Waals surface area contributed by atoms with Crippen LogP contribution in [-0.4, -0.2) is 38.1 Å². The molecule has 2 aromatic rings. The first-order valence-corrected chi connectivity index (χ1v) is 10.8. The van der Waals surface area contributed by atoms with Gasteiger partial charge in [-0.1, -0.05) is 37.3 Å². The number of carbonyl (C=O) groups is 2. The molecule has 0 spiro atoms. The van der Waals surface area contributed by atoms with Gasteiger partial charge in [-0.25, -0.2) is 4.79 Å². The summed E-state index contributed by atoms with van der Waals surface area (Å²) >= 11 is 0. The van der Waals surface area contributed by atoms with Crippen LogP contribution in [0.4, 0.5) is 16.2 Å². The van der Waals surface area contributed by atoms with Gasteiger partial charge in [-0.15, -0.1) is 0 Å². The average molecular weight is 409 g/mol. The smallest absolute Gasteiger partial charge is 0.319 e. The minimum absolute atomic E-state index is 0.112. The molecule has 1 aliphatic rings. The number of hydrogen-bond acceptors (Lipinski definition) is 3. The Morgan fingerprint density at radius 1 is 1.03 bits per heavy atom. The van der Waals surface area contributed by atoms with Crippen LogP contribution in [0, 0.1) is 5.92 Å². The zero-order chi connectivity index (χ0) is 21.3. The molecule has 6 heteroatoms. The molecule has 0 unspecified atom stereocenters. The molecule has 2 aromatic carbocycles. The second-order valence-electron chi connectivity index (χ2n) is 7.88. The van der Waals surface area contributed by atoms with E-state index in [1.54, 1.807) is 6.07 Å². The highest BCUT2D eigenvalue weighted by molar-refractivity contribution is 6.02. The van der Waals surface area contributed by atoms with Crippen LogP contribution in [0.2, 0.25) is 0 Å². The SMILES string of the molecule is CCNC(=O)Nc1ccc(N2CCC(C)CC2)c(C(=O)NCCc2ccccc2)c1. The Morgan fingerprint density at radius 2 is 1.77 bits per heavy atom. The van der Waals surface area contributed by atoms with Crippen molar-refractivity contribution in [3.05, 3.63) is 59.7 Å². The Kier molecular flexibility index (Phi) is 7.71. The molecular weight excluding hydrogens is 376 g/mol. The number of benzene rings is 2. The summed E-state index contributed by atoms with van der Waals surface area (Å²) in [7, 11) is 0. The second kappa shape index (κ2) is 10.7. The van der Waals surface area contributed by atoms with Crippen molar-refractivity contribution in [2.24, 2.45) is 5.92 Å². The van der Waals surface area contributed by atoms with Gasteiger partial charge in [0.2, 0.25) is 0 Å². The van der Waals surface area contributed by atoms with Crippen molar-refractivity contribution in [2.45, 2.75) is 33.1 Å². The Hall–Kier alpha value is -3.02. The van der Waals surface area contributed by atoms with Crippen LogP contribution in [0.15, 0.2) is 48.5 Å². The molecule has 0 saturated carbocycles. The number of hydrogen-bond donors (Lipinski definition) is 3. The maximum atomic E-state index is 13.1. The van der Waals surface area contributed by atoms with Crippen LogP contribution in [0.3, 0.4) is 0 Å². The van der Waals surface area contributed by atoms with E-state index < -0.39 is 0 Å². The van der Waals surface area contributed by atoms with Crippen LogP contribution >= 0.6 is 0 Å². The predicted molar refractivity (Wildman–Crippen MR) is 122 cm³/mol. The first-order valence-electron chi connectivity index (χ1n) is 10.8. The number of piperidine rings is 1. The summed E-state index contributed by atoms with van der Waals surface area (Å²) in [5, 5.41) is 8.57. The standard InChI is InChI=1S/C24H32N4O2/c1-3-25-24(30)27-20-9-10-22(28-15-12-18(2)13-16-28)21(17-20)23(29)26-14-11-19-7-5-4-6-8-19/h4-10,17-18H,3,11-16H2,1-2H3,(H,26,29)(H2,25,27,30). The van der Waals surface area contributed by atoms with Gasteiger partial charge in [0.15, 0.2) is 0 Å². The third kappa shape index (κ3) is 5.99. The number of carbonyl (C=O) groups excluding carboxylic acids is 2. The Morgan fingerprint density at radius 3 is 2.47 bits per heavy atom. The van der Waals surface area contributed by atoms with E-state index >= 15 is 0 Å². The van der Waals surface area contributed by atoms with Crippen molar-refractivity contribution < 1.29 is 9.59 Å². The van der Waals surface area contributed by atoms with Gasteiger partial charge in [0, 0.05) is 37.6 Å². The molecule has 1 heterocycles. The maximum absolute atomic E-state index is 13.1. The minimum atomic E-state index is -0.271. The lowest BCUT2D eigenvalue weighted by Gasteiger charge is -2.33. The molecule has 1 saturated heterocycles. The number of amides is 3. The van der Waals surface area contributed by atoms with Crippen LogP contribution in [-0.2, 0) is 6.42 Å². The first kappa shape index (κ1) is 21.7.